The summed E-state index contributed by atoms with van der Waals surface area (Å²) >= 11 is 5.65. The molecule has 0 amide bonds. The van der Waals surface area contributed by atoms with Gasteiger partial charge >= 0.3 is 5.97 Å². The summed E-state index contributed by atoms with van der Waals surface area (Å²) in [6.45, 7) is 1.86. The third-order valence-corrected chi connectivity index (χ3v) is 2.16. The van der Waals surface area contributed by atoms with Crippen molar-refractivity contribution in [3.05, 3.63) is 34.9 Å². The Bertz CT molecular complexity index is 321. The lowest BCUT2D eigenvalue weighted by atomic mass is 10.1. The Kier molecular flexibility index (Phi) is 3.32. The summed E-state index contributed by atoms with van der Waals surface area (Å²) < 4.78 is 4.62. The van der Waals surface area contributed by atoms with Crippen molar-refractivity contribution in [1.82, 2.24) is 0 Å². The first-order valence-corrected chi connectivity index (χ1v) is 4.46. The standard InChI is InChI=1S/C10H11ClO2/c1-7-5-8(6-11)3-4-9(7)10(12)13-2/h3-5H,6H2,1-2H3. The Morgan fingerprint density at radius 3 is 2.69 bits per heavy atom. The first-order chi connectivity index (χ1) is 6.19. The second-order valence-electron chi connectivity index (χ2n) is 2.77. The van der Waals surface area contributed by atoms with Gasteiger partial charge in [-0.25, -0.2) is 4.79 Å². The fourth-order valence-corrected chi connectivity index (χ4v) is 1.31. The van der Waals surface area contributed by atoms with Crippen LogP contribution in [0, 0.1) is 6.92 Å². The fourth-order valence-electron chi connectivity index (χ4n) is 1.15. The second-order valence-corrected chi connectivity index (χ2v) is 3.04. The van der Waals surface area contributed by atoms with Gasteiger partial charge in [0, 0.05) is 5.88 Å². The van der Waals surface area contributed by atoms with Crippen molar-refractivity contribution >= 4 is 17.6 Å². The van der Waals surface area contributed by atoms with E-state index in [2.05, 4.69) is 4.74 Å². The Labute approximate surface area is 82.5 Å². The molecule has 1 aromatic carbocycles. The molecule has 0 N–H and O–H groups in total. The highest BCUT2D eigenvalue weighted by molar-refractivity contribution is 6.17. The summed E-state index contributed by atoms with van der Waals surface area (Å²) in [5.41, 5.74) is 2.49. The summed E-state index contributed by atoms with van der Waals surface area (Å²) in [6.07, 6.45) is 0. The number of rotatable bonds is 2. The molecule has 0 saturated carbocycles. The average Bonchev–Trinajstić information content (AvgIpc) is 2.16. The molecule has 0 bridgehead atoms. The van der Waals surface area contributed by atoms with Crippen LogP contribution in [-0.2, 0) is 10.6 Å². The molecular weight excluding hydrogens is 188 g/mol. The first-order valence-electron chi connectivity index (χ1n) is 3.93. The predicted molar refractivity (Wildman–Crippen MR) is 52.1 cm³/mol. The number of methoxy groups -OCH3 is 1. The third kappa shape index (κ3) is 2.22. The zero-order valence-corrected chi connectivity index (χ0v) is 8.39. The zero-order valence-electron chi connectivity index (χ0n) is 7.63. The van der Waals surface area contributed by atoms with Crippen LogP contribution >= 0.6 is 11.6 Å². The monoisotopic (exact) mass is 198 g/mol. The maximum atomic E-state index is 11.2. The van der Waals surface area contributed by atoms with Gasteiger partial charge in [-0.05, 0) is 24.1 Å². The lowest BCUT2D eigenvalue weighted by Gasteiger charge is -2.04. The number of alkyl halides is 1. The Balaban J connectivity index is 3.05. The molecule has 1 aromatic rings. The molecule has 0 radical (unpaired) electrons. The van der Waals surface area contributed by atoms with Crippen molar-refractivity contribution in [2.24, 2.45) is 0 Å². The fraction of sp³-hybridized carbons (Fsp3) is 0.300. The zero-order chi connectivity index (χ0) is 9.84. The van der Waals surface area contributed by atoms with Crippen LogP contribution in [0.15, 0.2) is 18.2 Å². The normalized spacial score (nSPS) is 9.77. The Hall–Kier alpha value is -1.02. The SMILES string of the molecule is COC(=O)c1ccc(CCl)cc1C. The van der Waals surface area contributed by atoms with Crippen molar-refractivity contribution in [3.63, 3.8) is 0 Å². The third-order valence-electron chi connectivity index (χ3n) is 1.85. The minimum absolute atomic E-state index is 0.307. The van der Waals surface area contributed by atoms with Crippen molar-refractivity contribution in [2.75, 3.05) is 7.11 Å². The van der Waals surface area contributed by atoms with E-state index in [0.717, 1.165) is 11.1 Å². The van der Waals surface area contributed by atoms with E-state index in [9.17, 15) is 4.79 Å². The van der Waals surface area contributed by atoms with Crippen LogP contribution in [0.4, 0.5) is 0 Å². The van der Waals surface area contributed by atoms with Gasteiger partial charge in [0.25, 0.3) is 0 Å². The van der Waals surface area contributed by atoms with Crippen LogP contribution in [0.25, 0.3) is 0 Å². The van der Waals surface area contributed by atoms with Crippen LogP contribution in [0.1, 0.15) is 21.5 Å². The maximum absolute atomic E-state index is 11.2. The van der Waals surface area contributed by atoms with Gasteiger partial charge in [-0.3, -0.25) is 0 Å². The molecular formula is C10H11ClO2. The topological polar surface area (TPSA) is 26.3 Å². The summed E-state index contributed by atoms with van der Waals surface area (Å²) in [4.78, 5) is 11.2. The number of hydrogen-bond acceptors (Lipinski definition) is 2. The highest BCUT2D eigenvalue weighted by Crippen LogP contribution is 2.13. The van der Waals surface area contributed by atoms with E-state index in [1.807, 2.05) is 19.1 Å². The number of ether oxygens (including phenoxy) is 1. The number of carbonyl (C=O) groups is 1. The molecule has 1 rings (SSSR count). The molecule has 0 aliphatic carbocycles. The van der Waals surface area contributed by atoms with Crippen molar-refractivity contribution in [2.45, 2.75) is 12.8 Å². The van der Waals surface area contributed by atoms with Gasteiger partial charge in [-0.15, -0.1) is 11.6 Å². The molecule has 0 heterocycles. The van der Waals surface area contributed by atoms with E-state index < -0.39 is 0 Å². The molecule has 0 unspecified atom stereocenters. The maximum Gasteiger partial charge on any atom is 0.338 e. The van der Waals surface area contributed by atoms with Crippen LogP contribution in [0.5, 0.6) is 0 Å². The molecule has 0 spiro atoms. The number of benzene rings is 1. The van der Waals surface area contributed by atoms with Gasteiger partial charge < -0.3 is 4.74 Å². The molecule has 0 aromatic heterocycles. The molecule has 0 atom stereocenters. The Morgan fingerprint density at radius 1 is 1.54 bits per heavy atom. The molecule has 3 heteroatoms. The quantitative estimate of drug-likeness (QED) is 0.539. The van der Waals surface area contributed by atoms with E-state index in [-0.39, 0.29) is 5.97 Å². The molecule has 2 nitrogen and oxygen atoms in total. The molecule has 70 valence electrons. The summed E-state index contributed by atoms with van der Waals surface area (Å²) in [6, 6.07) is 5.45. The van der Waals surface area contributed by atoms with E-state index in [1.54, 1.807) is 6.07 Å². The summed E-state index contributed by atoms with van der Waals surface area (Å²) in [7, 11) is 1.37. The smallest absolute Gasteiger partial charge is 0.338 e. The van der Waals surface area contributed by atoms with Crippen LogP contribution in [0.3, 0.4) is 0 Å². The molecule has 13 heavy (non-hydrogen) atoms. The summed E-state index contributed by atoms with van der Waals surface area (Å²) in [5.74, 6) is 0.154. The molecule has 0 aliphatic heterocycles. The minimum Gasteiger partial charge on any atom is -0.465 e. The van der Waals surface area contributed by atoms with Gasteiger partial charge in [0.15, 0.2) is 0 Å². The van der Waals surface area contributed by atoms with Crippen molar-refractivity contribution in [1.29, 1.82) is 0 Å². The second kappa shape index (κ2) is 4.28. The molecule has 0 saturated heterocycles. The highest BCUT2D eigenvalue weighted by atomic mass is 35.5. The van der Waals surface area contributed by atoms with Crippen LogP contribution < -0.4 is 0 Å². The number of carbonyl (C=O) groups excluding carboxylic acids is 1. The first kappa shape index (κ1) is 10.1. The van der Waals surface area contributed by atoms with E-state index in [0.29, 0.717) is 11.4 Å². The van der Waals surface area contributed by atoms with E-state index in [4.69, 9.17) is 11.6 Å². The number of aryl methyl sites for hydroxylation is 1. The highest BCUT2D eigenvalue weighted by Gasteiger charge is 2.08. The van der Waals surface area contributed by atoms with Crippen molar-refractivity contribution < 1.29 is 9.53 Å². The lowest BCUT2D eigenvalue weighted by molar-refractivity contribution is 0.0600. The molecule has 0 aliphatic rings. The number of esters is 1. The number of halogens is 1. The van der Waals surface area contributed by atoms with Crippen molar-refractivity contribution in [3.8, 4) is 0 Å². The van der Waals surface area contributed by atoms with E-state index >= 15 is 0 Å². The molecule has 0 fully saturated rings. The lowest BCUT2D eigenvalue weighted by Crippen LogP contribution is -2.03. The minimum atomic E-state index is -0.307. The van der Waals surface area contributed by atoms with Crippen LogP contribution in [-0.4, -0.2) is 13.1 Å². The van der Waals surface area contributed by atoms with Gasteiger partial charge in [0.2, 0.25) is 0 Å². The summed E-state index contributed by atoms with van der Waals surface area (Å²) in [5, 5.41) is 0. The van der Waals surface area contributed by atoms with Gasteiger partial charge in [0.1, 0.15) is 0 Å². The largest absolute Gasteiger partial charge is 0.465 e. The van der Waals surface area contributed by atoms with E-state index in [1.165, 1.54) is 7.11 Å². The predicted octanol–water partition coefficient (Wildman–Crippen LogP) is 2.52. The van der Waals surface area contributed by atoms with Gasteiger partial charge in [-0.1, -0.05) is 12.1 Å². The average molecular weight is 199 g/mol. The Morgan fingerprint density at radius 2 is 2.23 bits per heavy atom. The van der Waals surface area contributed by atoms with Gasteiger partial charge in [0.05, 0.1) is 12.7 Å². The number of hydrogen-bond donors (Lipinski definition) is 0. The van der Waals surface area contributed by atoms with Gasteiger partial charge in [-0.2, -0.15) is 0 Å². The van der Waals surface area contributed by atoms with Crippen LogP contribution in [0.2, 0.25) is 0 Å².